The van der Waals surface area contributed by atoms with Crippen LogP contribution in [0.5, 0.6) is 5.75 Å². The first-order valence-electron chi connectivity index (χ1n) is 9.18. The van der Waals surface area contributed by atoms with Crippen LogP contribution in [0.15, 0.2) is 76.3 Å². The molecule has 0 unspecified atom stereocenters. The molecule has 0 radical (unpaired) electrons. The number of carbonyl (C=O) groups is 1. The van der Waals surface area contributed by atoms with Crippen LogP contribution in [0.4, 0.5) is 15.9 Å². The van der Waals surface area contributed by atoms with Crippen molar-refractivity contribution in [1.82, 2.24) is 4.98 Å². The number of amides is 1. The van der Waals surface area contributed by atoms with Crippen LogP contribution in [-0.4, -0.2) is 18.0 Å². The number of fused-ring (bicyclic) bond motifs is 1. The maximum Gasteiger partial charge on any atom is 0.262 e. The fraction of sp³-hybridized carbons (Fsp3) is 0.0870. The van der Waals surface area contributed by atoms with E-state index in [0.29, 0.717) is 11.4 Å². The Labute approximate surface area is 171 Å². The molecule has 6 nitrogen and oxygen atoms in total. The molecule has 0 atom stereocenters. The van der Waals surface area contributed by atoms with E-state index in [1.54, 1.807) is 30.5 Å². The number of benzene rings is 2. The lowest BCUT2D eigenvalue weighted by molar-refractivity contribution is 0.102. The second-order valence-electron chi connectivity index (χ2n) is 6.61. The van der Waals surface area contributed by atoms with Crippen molar-refractivity contribution in [2.45, 2.75) is 6.92 Å². The van der Waals surface area contributed by atoms with Gasteiger partial charge in [0, 0.05) is 17.6 Å². The number of anilines is 1. The molecule has 1 amide bonds. The van der Waals surface area contributed by atoms with Crippen LogP contribution in [0.1, 0.15) is 15.9 Å². The normalized spacial score (nSPS) is 11.5. The average Bonchev–Trinajstić information content (AvgIpc) is 2.75. The van der Waals surface area contributed by atoms with Crippen molar-refractivity contribution < 1.29 is 18.3 Å². The zero-order valence-electron chi connectivity index (χ0n) is 16.3. The molecule has 0 bridgehead atoms. The van der Waals surface area contributed by atoms with Gasteiger partial charge in [-0.1, -0.05) is 24.3 Å². The number of nitrogens with zero attached hydrogens (tertiary/aromatic N) is 2. The zero-order chi connectivity index (χ0) is 21.1. The van der Waals surface area contributed by atoms with Gasteiger partial charge in [-0.3, -0.25) is 4.79 Å². The molecule has 0 saturated heterocycles. The third-order valence-corrected chi connectivity index (χ3v) is 4.42. The minimum atomic E-state index is -0.561. The Balaban J connectivity index is 1.82. The minimum absolute atomic E-state index is 0.0582. The zero-order valence-corrected chi connectivity index (χ0v) is 16.3. The number of nitrogens with one attached hydrogen (secondary N) is 1. The summed E-state index contributed by atoms with van der Waals surface area (Å²) >= 11 is 0. The molecule has 0 spiro atoms. The number of para-hydroxylation sites is 1. The SMILES string of the molecule is COc1ccc(N=c2oc3ccccc3cc2C(=O)Nc2ccc(C)cn2)cc1F. The lowest BCUT2D eigenvalue weighted by Gasteiger charge is -2.07. The third kappa shape index (κ3) is 4.05. The Bertz CT molecular complexity index is 1300. The van der Waals surface area contributed by atoms with E-state index < -0.39 is 11.7 Å². The van der Waals surface area contributed by atoms with Crippen molar-refractivity contribution in [3.8, 4) is 5.75 Å². The summed E-state index contributed by atoms with van der Waals surface area (Å²) in [5.74, 6) is -0.490. The van der Waals surface area contributed by atoms with E-state index in [-0.39, 0.29) is 22.6 Å². The summed E-state index contributed by atoms with van der Waals surface area (Å²) in [6.45, 7) is 1.91. The molecule has 30 heavy (non-hydrogen) atoms. The third-order valence-electron chi connectivity index (χ3n) is 4.42. The minimum Gasteiger partial charge on any atom is -0.494 e. The fourth-order valence-electron chi connectivity index (χ4n) is 2.88. The van der Waals surface area contributed by atoms with Crippen molar-refractivity contribution in [3.63, 3.8) is 0 Å². The number of aromatic nitrogens is 1. The van der Waals surface area contributed by atoms with Gasteiger partial charge in [0.15, 0.2) is 11.6 Å². The molecule has 7 heteroatoms. The van der Waals surface area contributed by atoms with Crippen LogP contribution in [0.3, 0.4) is 0 Å². The highest BCUT2D eigenvalue weighted by atomic mass is 19.1. The van der Waals surface area contributed by atoms with Gasteiger partial charge in [-0.25, -0.2) is 14.4 Å². The van der Waals surface area contributed by atoms with E-state index in [9.17, 15) is 9.18 Å². The van der Waals surface area contributed by atoms with Crippen molar-refractivity contribution in [1.29, 1.82) is 0 Å². The molecule has 2 aromatic heterocycles. The maximum atomic E-state index is 14.1. The Hall–Kier alpha value is -4.00. The summed E-state index contributed by atoms with van der Waals surface area (Å²) in [6, 6.07) is 16.8. The van der Waals surface area contributed by atoms with Gasteiger partial charge in [-0.15, -0.1) is 0 Å². The van der Waals surface area contributed by atoms with E-state index in [1.165, 1.54) is 19.2 Å². The summed E-state index contributed by atoms with van der Waals surface area (Å²) in [7, 11) is 1.38. The maximum absolute atomic E-state index is 14.1. The number of halogens is 1. The van der Waals surface area contributed by atoms with Gasteiger partial charge in [0.1, 0.15) is 17.0 Å². The summed E-state index contributed by atoms with van der Waals surface area (Å²) in [4.78, 5) is 21.5. The number of hydrogen-bond donors (Lipinski definition) is 1. The molecule has 2 aromatic carbocycles. The smallest absolute Gasteiger partial charge is 0.262 e. The van der Waals surface area contributed by atoms with E-state index in [2.05, 4.69) is 15.3 Å². The molecule has 0 fully saturated rings. The molecule has 0 aliphatic rings. The van der Waals surface area contributed by atoms with Gasteiger partial charge < -0.3 is 14.5 Å². The van der Waals surface area contributed by atoms with Crippen molar-refractivity contribution in [3.05, 3.63) is 89.4 Å². The number of ether oxygens (including phenoxy) is 1. The van der Waals surface area contributed by atoms with E-state index >= 15 is 0 Å². The molecular formula is C23H18FN3O3. The predicted molar refractivity (Wildman–Crippen MR) is 111 cm³/mol. The number of aryl methyl sites for hydroxylation is 1. The Morgan fingerprint density at radius 1 is 1.13 bits per heavy atom. The van der Waals surface area contributed by atoms with Crippen molar-refractivity contribution >= 4 is 28.4 Å². The first-order valence-corrected chi connectivity index (χ1v) is 9.18. The lowest BCUT2D eigenvalue weighted by atomic mass is 10.1. The molecule has 1 N–H and O–H groups in total. The molecular weight excluding hydrogens is 385 g/mol. The van der Waals surface area contributed by atoms with E-state index in [0.717, 1.165) is 10.9 Å². The van der Waals surface area contributed by atoms with Crippen LogP contribution in [0.2, 0.25) is 0 Å². The molecule has 4 aromatic rings. The van der Waals surface area contributed by atoms with Crippen LogP contribution in [0.25, 0.3) is 11.0 Å². The van der Waals surface area contributed by atoms with Gasteiger partial charge in [0.2, 0.25) is 5.55 Å². The van der Waals surface area contributed by atoms with Crippen LogP contribution < -0.4 is 15.6 Å². The Kier molecular flexibility index (Phi) is 5.26. The molecule has 2 heterocycles. The predicted octanol–water partition coefficient (Wildman–Crippen LogP) is 4.77. The second kappa shape index (κ2) is 8.16. The summed E-state index contributed by atoms with van der Waals surface area (Å²) in [5, 5.41) is 3.48. The second-order valence-corrected chi connectivity index (χ2v) is 6.61. The number of methoxy groups -OCH3 is 1. The number of hydrogen-bond acceptors (Lipinski definition) is 5. The van der Waals surface area contributed by atoms with Crippen LogP contribution in [-0.2, 0) is 0 Å². The van der Waals surface area contributed by atoms with Gasteiger partial charge in [-0.05, 0) is 42.8 Å². The van der Waals surface area contributed by atoms with Gasteiger partial charge in [0.05, 0.1) is 12.8 Å². The highest BCUT2D eigenvalue weighted by Gasteiger charge is 2.14. The number of pyridine rings is 1. The molecule has 4 rings (SSSR count). The summed E-state index contributed by atoms with van der Waals surface area (Å²) in [5.41, 5.74) is 2.08. The highest BCUT2D eigenvalue weighted by molar-refractivity contribution is 6.04. The molecule has 0 saturated carbocycles. The fourth-order valence-corrected chi connectivity index (χ4v) is 2.88. The van der Waals surface area contributed by atoms with Crippen LogP contribution in [0, 0.1) is 12.7 Å². The first-order chi connectivity index (χ1) is 14.5. The summed E-state index contributed by atoms with van der Waals surface area (Å²) < 4.78 is 24.9. The first kappa shape index (κ1) is 19.3. The van der Waals surface area contributed by atoms with Gasteiger partial charge in [-0.2, -0.15) is 0 Å². The summed E-state index contributed by atoms with van der Waals surface area (Å²) in [6.07, 6.45) is 1.66. The monoisotopic (exact) mass is 403 g/mol. The molecule has 0 aliphatic carbocycles. The van der Waals surface area contributed by atoms with E-state index in [4.69, 9.17) is 9.15 Å². The van der Waals surface area contributed by atoms with Crippen molar-refractivity contribution in [2.24, 2.45) is 4.99 Å². The Morgan fingerprint density at radius 3 is 2.70 bits per heavy atom. The average molecular weight is 403 g/mol. The largest absolute Gasteiger partial charge is 0.494 e. The van der Waals surface area contributed by atoms with Gasteiger partial charge >= 0.3 is 0 Å². The topological polar surface area (TPSA) is 76.7 Å². The standard InChI is InChI=1S/C23H18FN3O3/c1-14-7-10-21(25-13-14)27-22(28)17-11-15-5-3-4-6-19(15)30-23(17)26-16-8-9-20(29-2)18(24)12-16/h3-13H,1-2H3,(H,25,27,28). The van der Waals surface area contributed by atoms with Gasteiger partial charge in [0.25, 0.3) is 5.91 Å². The quantitative estimate of drug-likeness (QED) is 0.533. The van der Waals surface area contributed by atoms with E-state index in [1.807, 2.05) is 31.2 Å². The molecule has 0 aliphatic heterocycles. The highest BCUT2D eigenvalue weighted by Crippen LogP contribution is 2.22. The van der Waals surface area contributed by atoms with Crippen LogP contribution >= 0.6 is 0 Å². The lowest BCUT2D eigenvalue weighted by Crippen LogP contribution is -2.22. The number of carbonyl (C=O) groups excluding carboxylic acids is 1. The number of rotatable bonds is 4. The molecule has 150 valence electrons. The van der Waals surface area contributed by atoms with Crippen molar-refractivity contribution in [2.75, 3.05) is 12.4 Å². The Morgan fingerprint density at radius 2 is 1.97 bits per heavy atom.